The van der Waals surface area contributed by atoms with Crippen molar-refractivity contribution >= 4 is 5.97 Å². The van der Waals surface area contributed by atoms with Gasteiger partial charge >= 0.3 is 5.97 Å². The molecule has 0 bridgehead atoms. The van der Waals surface area contributed by atoms with Gasteiger partial charge < -0.3 is 9.84 Å². The van der Waals surface area contributed by atoms with E-state index in [1.54, 1.807) is 0 Å². The standard InChI is InChI=1S/C26H28O3/c1-3-13-24(25(27)28)20(2)29-26(21-14-7-4-8-15-21,22-16-9-5-10-17-22)23-18-11-6-12-19-23/h4-12,14-20,24H,3,13H2,1-2H3,(H,27,28). The van der Waals surface area contributed by atoms with E-state index in [4.69, 9.17) is 4.74 Å². The third-order valence-electron chi connectivity index (χ3n) is 5.39. The Morgan fingerprint density at radius 2 is 1.21 bits per heavy atom. The molecule has 3 rings (SSSR count). The fraction of sp³-hybridized carbons (Fsp3) is 0.269. The molecule has 150 valence electrons. The van der Waals surface area contributed by atoms with Crippen LogP contribution in [0.15, 0.2) is 91.0 Å². The lowest BCUT2D eigenvalue weighted by Gasteiger charge is -2.39. The second kappa shape index (κ2) is 9.53. The quantitative estimate of drug-likeness (QED) is 0.465. The topological polar surface area (TPSA) is 46.5 Å². The molecule has 3 aromatic rings. The van der Waals surface area contributed by atoms with Gasteiger partial charge in [-0.25, -0.2) is 0 Å². The molecule has 0 aliphatic carbocycles. The van der Waals surface area contributed by atoms with E-state index in [1.165, 1.54) is 0 Å². The molecule has 0 aromatic heterocycles. The number of hydrogen-bond acceptors (Lipinski definition) is 2. The molecule has 0 heterocycles. The number of benzene rings is 3. The lowest BCUT2D eigenvalue weighted by atomic mass is 9.79. The Hall–Kier alpha value is -2.91. The Morgan fingerprint density at radius 3 is 1.52 bits per heavy atom. The highest BCUT2D eigenvalue weighted by atomic mass is 16.5. The minimum Gasteiger partial charge on any atom is -0.481 e. The molecule has 2 atom stereocenters. The van der Waals surface area contributed by atoms with Crippen molar-refractivity contribution < 1.29 is 14.6 Å². The summed E-state index contributed by atoms with van der Waals surface area (Å²) in [5.41, 5.74) is 2.03. The fourth-order valence-corrected chi connectivity index (χ4v) is 3.95. The van der Waals surface area contributed by atoms with Crippen LogP contribution in [-0.2, 0) is 15.1 Å². The Morgan fingerprint density at radius 1 is 0.828 bits per heavy atom. The van der Waals surface area contributed by atoms with Gasteiger partial charge in [-0.1, -0.05) is 104 Å². The predicted octanol–water partition coefficient (Wildman–Crippen LogP) is 5.88. The van der Waals surface area contributed by atoms with Crippen LogP contribution in [0.5, 0.6) is 0 Å². The van der Waals surface area contributed by atoms with Crippen LogP contribution in [0.3, 0.4) is 0 Å². The molecular formula is C26H28O3. The monoisotopic (exact) mass is 388 g/mol. The molecule has 0 saturated heterocycles. The summed E-state index contributed by atoms with van der Waals surface area (Å²) in [6.07, 6.45) is 0.887. The van der Waals surface area contributed by atoms with Gasteiger partial charge in [-0.15, -0.1) is 0 Å². The predicted molar refractivity (Wildman–Crippen MR) is 116 cm³/mol. The van der Waals surface area contributed by atoms with Gasteiger partial charge in [0.2, 0.25) is 0 Å². The summed E-state index contributed by atoms with van der Waals surface area (Å²) >= 11 is 0. The number of rotatable bonds is 9. The summed E-state index contributed by atoms with van der Waals surface area (Å²) in [5.74, 6) is -1.39. The van der Waals surface area contributed by atoms with E-state index in [0.29, 0.717) is 6.42 Å². The van der Waals surface area contributed by atoms with Gasteiger partial charge in [0, 0.05) is 0 Å². The first-order valence-corrected chi connectivity index (χ1v) is 10.2. The molecule has 0 spiro atoms. The van der Waals surface area contributed by atoms with Crippen molar-refractivity contribution in [2.24, 2.45) is 5.92 Å². The molecule has 0 fully saturated rings. The second-order valence-corrected chi connectivity index (χ2v) is 7.34. The summed E-state index contributed by atoms with van der Waals surface area (Å²) in [7, 11) is 0. The third kappa shape index (κ3) is 4.41. The first-order chi connectivity index (χ1) is 14.1. The number of carboxylic acids is 1. The molecule has 3 aromatic carbocycles. The van der Waals surface area contributed by atoms with Crippen LogP contribution >= 0.6 is 0 Å². The summed E-state index contributed by atoms with van der Waals surface area (Å²) in [6.45, 7) is 3.87. The number of carboxylic acid groups (broad SMARTS) is 1. The molecule has 0 saturated carbocycles. The molecule has 3 nitrogen and oxygen atoms in total. The average Bonchev–Trinajstić information content (AvgIpc) is 2.77. The van der Waals surface area contributed by atoms with Crippen molar-refractivity contribution in [3.05, 3.63) is 108 Å². The minimum atomic E-state index is -0.898. The average molecular weight is 389 g/mol. The lowest BCUT2D eigenvalue weighted by molar-refractivity contribution is -0.151. The van der Waals surface area contributed by atoms with Crippen molar-refractivity contribution in [1.82, 2.24) is 0 Å². The SMILES string of the molecule is CCCC(C(=O)O)C(C)OC(c1ccccc1)(c1ccccc1)c1ccccc1. The zero-order valence-corrected chi connectivity index (χ0v) is 17.0. The number of aliphatic carboxylic acids is 1. The van der Waals surface area contributed by atoms with E-state index in [9.17, 15) is 9.90 Å². The van der Waals surface area contributed by atoms with Gasteiger partial charge in [0.1, 0.15) is 5.60 Å². The van der Waals surface area contributed by atoms with E-state index in [-0.39, 0.29) is 0 Å². The number of hydrogen-bond donors (Lipinski definition) is 1. The second-order valence-electron chi connectivity index (χ2n) is 7.34. The van der Waals surface area contributed by atoms with Gasteiger partial charge in [0.15, 0.2) is 0 Å². The van der Waals surface area contributed by atoms with Gasteiger partial charge in [-0.05, 0) is 30.0 Å². The highest BCUT2D eigenvalue weighted by Gasteiger charge is 2.41. The zero-order valence-electron chi connectivity index (χ0n) is 17.0. The molecule has 0 amide bonds. The molecule has 0 aliphatic heterocycles. The van der Waals surface area contributed by atoms with Crippen LogP contribution in [0.2, 0.25) is 0 Å². The van der Waals surface area contributed by atoms with Crippen molar-refractivity contribution in [3.8, 4) is 0 Å². The van der Waals surface area contributed by atoms with Crippen molar-refractivity contribution in [3.63, 3.8) is 0 Å². The van der Waals surface area contributed by atoms with Crippen LogP contribution in [0.1, 0.15) is 43.4 Å². The van der Waals surface area contributed by atoms with E-state index < -0.39 is 23.6 Å². The lowest BCUT2D eigenvalue weighted by Crippen LogP contribution is -2.40. The fourth-order valence-electron chi connectivity index (χ4n) is 3.95. The molecule has 0 radical (unpaired) electrons. The number of ether oxygens (including phenoxy) is 1. The third-order valence-corrected chi connectivity index (χ3v) is 5.39. The minimum absolute atomic E-state index is 0.479. The Labute approximate surface area is 173 Å². The van der Waals surface area contributed by atoms with E-state index in [1.807, 2.05) is 105 Å². The molecule has 29 heavy (non-hydrogen) atoms. The van der Waals surface area contributed by atoms with Crippen LogP contribution in [0.25, 0.3) is 0 Å². The maximum absolute atomic E-state index is 11.9. The van der Waals surface area contributed by atoms with Crippen LogP contribution in [-0.4, -0.2) is 17.2 Å². The van der Waals surface area contributed by atoms with Crippen LogP contribution in [0, 0.1) is 5.92 Å². The summed E-state index contributed by atoms with van der Waals surface area (Å²) in [5, 5.41) is 9.80. The number of carbonyl (C=O) groups is 1. The van der Waals surface area contributed by atoms with E-state index >= 15 is 0 Å². The van der Waals surface area contributed by atoms with Crippen LogP contribution < -0.4 is 0 Å². The molecule has 0 aliphatic rings. The van der Waals surface area contributed by atoms with E-state index in [2.05, 4.69) is 0 Å². The van der Waals surface area contributed by atoms with Gasteiger partial charge in [-0.2, -0.15) is 0 Å². The van der Waals surface area contributed by atoms with Gasteiger partial charge in [0.05, 0.1) is 12.0 Å². The molecule has 2 unspecified atom stereocenters. The summed E-state index contributed by atoms with van der Waals surface area (Å²) in [6, 6.07) is 30.1. The first kappa shape index (κ1) is 20.8. The van der Waals surface area contributed by atoms with E-state index in [0.717, 1.165) is 23.1 Å². The van der Waals surface area contributed by atoms with Crippen molar-refractivity contribution in [2.45, 2.75) is 38.4 Å². The first-order valence-electron chi connectivity index (χ1n) is 10.2. The Balaban J connectivity index is 2.21. The molecular weight excluding hydrogens is 360 g/mol. The smallest absolute Gasteiger partial charge is 0.309 e. The van der Waals surface area contributed by atoms with Crippen LogP contribution in [0.4, 0.5) is 0 Å². The van der Waals surface area contributed by atoms with Crippen molar-refractivity contribution in [1.29, 1.82) is 0 Å². The Bertz CT molecular complexity index is 794. The molecule has 1 N–H and O–H groups in total. The largest absolute Gasteiger partial charge is 0.481 e. The normalized spacial score (nSPS) is 13.6. The van der Waals surface area contributed by atoms with Gasteiger partial charge in [0.25, 0.3) is 0 Å². The summed E-state index contributed by atoms with van der Waals surface area (Å²) < 4.78 is 6.79. The maximum Gasteiger partial charge on any atom is 0.309 e. The maximum atomic E-state index is 11.9. The summed E-state index contributed by atoms with van der Waals surface area (Å²) in [4.78, 5) is 11.9. The highest BCUT2D eigenvalue weighted by Crippen LogP contribution is 2.42. The zero-order chi connectivity index (χ0) is 20.7. The van der Waals surface area contributed by atoms with Crippen molar-refractivity contribution in [2.75, 3.05) is 0 Å². The Kier molecular flexibility index (Phi) is 6.84. The highest BCUT2D eigenvalue weighted by molar-refractivity contribution is 5.70. The van der Waals surface area contributed by atoms with Gasteiger partial charge in [-0.3, -0.25) is 4.79 Å². The molecule has 3 heteroatoms.